The number of nitrogens with one attached hydrogen (secondary N) is 1. The zero-order chi connectivity index (χ0) is 15.2. The summed E-state index contributed by atoms with van der Waals surface area (Å²) in [5.74, 6) is 4.78. The number of carbonyl (C=O) groups excluding carboxylic acids is 1. The molecule has 3 N–H and O–H groups in total. The zero-order valence-electron chi connectivity index (χ0n) is 10.9. The minimum atomic E-state index is -0.506. The van der Waals surface area contributed by atoms with Crippen LogP contribution in [0.1, 0.15) is 16.1 Å². The maximum Gasteiger partial charge on any atom is 0.258 e. The molecule has 21 heavy (non-hydrogen) atoms. The first-order chi connectivity index (χ1) is 10.1. The molecular formula is C15H11ClFN3O. The highest BCUT2D eigenvalue weighted by atomic mass is 35.5. The van der Waals surface area contributed by atoms with Gasteiger partial charge in [-0.1, -0.05) is 23.6 Å². The number of pyridine rings is 1. The van der Waals surface area contributed by atoms with Gasteiger partial charge in [-0.05, 0) is 36.3 Å². The Morgan fingerprint density at radius 3 is 2.90 bits per heavy atom. The number of benzene rings is 1. The number of hydrogen-bond donors (Lipinski definition) is 2. The number of aromatic nitrogens is 1. The average Bonchev–Trinajstić information content (AvgIpc) is 2.45. The summed E-state index contributed by atoms with van der Waals surface area (Å²) in [7, 11) is 0. The highest BCUT2D eigenvalue weighted by molar-refractivity contribution is 6.34. The van der Waals surface area contributed by atoms with Crippen molar-refractivity contribution in [3.63, 3.8) is 0 Å². The normalized spacial score (nSPS) is 9.67. The van der Waals surface area contributed by atoms with E-state index >= 15 is 0 Å². The second kappa shape index (κ2) is 6.84. The van der Waals surface area contributed by atoms with Gasteiger partial charge in [0.25, 0.3) is 5.91 Å². The molecule has 0 spiro atoms. The van der Waals surface area contributed by atoms with Gasteiger partial charge < -0.3 is 11.1 Å². The molecule has 0 unspecified atom stereocenters. The molecule has 0 atom stereocenters. The summed E-state index contributed by atoms with van der Waals surface area (Å²) in [5, 5.41) is 2.61. The van der Waals surface area contributed by atoms with Gasteiger partial charge in [0.05, 0.1) is 17.1 Å². The van der Waals surface area contributed by atoms with E-state index in [9.17, 15) is 9.18 Å². The number of anilines is 1. The Hall–Kier alpha value is -2.42. The molecule has 0 aliphatic rings. The Kier molecular flexibility index (Phi) is 4.88. The van der Waals surface area contributed by atoms with Crippen LogP contribution < -0.4 is 11.1 Å². The molecule has 0 aliphatic carbocycles. The van der Waals surface area contributed by atoms with E-state index in [2.05, 4.69) is 22.1 Å². The van der Waals surface area contributed by atoms with Crippen LogP contribution >= 0.6 is 11.6 Å². The molecule has 106 valence electrons. The summed E-state index contributed by atoms with van der Waals surface area (Å²) in [6, 6.07) is 8.57. The number of nitrogens with zero attached hydrogens (tertiary/aromatic N) is 1. The molecule has 0 fully saturated rings. The fourth-order valence-corrected chi connectivity index (χ4v) is 1.83. The Bertz CT molecular complexity index is 737. The van der Waals surface area contributed by atoms with Gasteiger partial charge in [0.15, 0.2) is 0 Å². The predicted molar refractivity (Wildman–Crippen MR) is 79.5 cm³/mol. The second-order valence-corrected chi connectivity index (χ2v) is 4.40. The summed E-state index contributed by atoms with van der Waals surface area (Å²) in [6.07, 6.45) is 0. The summed E-state index contributed by atoms with van der Waals surface area (Å²) in [5.41, 5.74) is 5.94. The molecule has 4 nitrogen and oxygen atoms in total. The molecule has 1 aromatic carbocycles. The van der Waals surface area contributed by atoms with Crippen LogP contribution in [0.4, 0.5) is 10.2 Å². The van der Waals surface area contributed by atoms with Crippen molar-refractivity contribution < 1.29 is 9.18 Å². The topological polar surface area (TPSA) is 68.0 Å². The van der Waals surface area contributed by atoms with E-state index in [1.165, 1.54) is 6.07 Å². The third-order valence-electron chi connectivity index (χ3n) is 2.48. The van der Waals surface area contributed by atoms with Crippen LogP contribution in [0.25, 0.3) is 0 Å². The lowest BCUT2D eigenvalue weighted by molar-refractivity contribution is 0.102. The molecule has 0 bridgehead atoms. The highest BCUT2D eigenvalue weighted by Gasteiger charge is 2.11. The van der Waals surface area contributed by atoms with Gasteiger partial charge in [-0.2, -0.15) is 0 Å². The summed E-state index contributed by atoms with van der Waals surface area (Å²) in [6.45, 7) is 0.226. The lowest BCUT2D eigenvalue weighted by Gasteiger charge is -2.06. The van der Waals surface area contributed by atoms with E-state index in [1.54, 1.807) is 18.2 Å². The minimum absolute atomic E-state index is 0.0339. The number of rotatable bonds is 2. The van der Waals surface area contributed by atoms with Gasteiger partial charge in [-0.3, -0.25) is 4.79 Å². The molecule has 2 aromatic rings. The van der Waals surface area contributed by atoms with Crippen molar-refractivity contribution in [2.24, 2.45) is 5.73 Å². The van der Waals surface area contributed by atoms with E-state index in [4.69, 9.17) is 17.3 Å². The summed E-state index contributed by atoms with van der Waals surface area (Å²) < 4.78 is 13.0. The smallest absolute Gasteiger partial charge is 0.258 e. The van der Waals surface area contributed by atoms with Crippen LogP contribution in [-0.2, 0) is 0 Å². The molecule has 0 saturated heterocycles. The molecule has 6 heteroatoms. The first kappa shape index (κ1) is 15.0. The summed E-state index contributed by atoms with van der Waals surface area (Å²) >= 11 is 5.83. The SMILES string of the molecule is NCC#Cc1cccc(NC(=O)c2ccc(F)cc2Cl)n1. The second-order valence-electron chi connectivity index (χ2n) is 3.99. The zero-order valence-corrected chi connectivity index (χ0v) is 11.6. The van der Waals surface area contributed by atoms with Crippen molar-refractivity contribution >= 4 is 23.3 Å². The maximum absolute atomic E-state index is 13.0. The lowest BCUT2D eigenvalue weighted by Crippen LogP contribution is -2.13. The van der Waals surface area contributed by atoms with Crippen molar-refractivity contribution in [1.29, 1.82) is 0 Å². The van der Waals surface area contributed by atoms with E-state index in [1.807, 2.05) is 0 Å². The van der Waals surface area contributed by atoms with Gasteiger partial charge in [-0.25, -0.2) is 9.37 Å². The van der Waals surface area contributed by atoms with Crippen LogP contribution in [0.15, 0.2) is 36.4 Å². The molecule has 2 rings (SSSR count). The average molecular weight is 304 g/mol. The Balaban J connectivity index is 2.19. The van der Waals surface area contributed by atoms with Crippen molar-refractivity contribution in [2.75, 3.05) is 11.9 Å². The van der Waals surface area contributed by atoms with E-state index in [-0.39, 0.29) is 17.1 Å². The van der Waals surface area contributed by atoms with Crippen LogP contribution in [-0.4, -0.2) is 17.4 Å². The Labute approximate surface area is 126 Å². The van der Waals surface area contributed by atoms with Gasteiger partial charge in [0.1, 0.15) is 17.3 Å². The Morgan fingerprint density at radius 2 is 2.19 bits per heavy atom. The molecule has 0 aliphatic heterocycles. The van der Waals surface area contributed by atoms with E-state index in [0.29, 0.717) is 11.5 Å². The van der Waals surface area contributed by atoms with Crippen LogP contribution in [0.2, 0.25) is 5.02 Å². The van der Waals surface area contributed by atoms with Crippen LogP contribution in [0.5, 0.6) is 0 Å². The van der Waals surface area contributed by atoms with Crippen molar-refractivity contribution in [1.82, 2.24) is 4.98 Å². The van der Waals surface area contributed by atoms with E-state index in [0.717, 1.165) is 12.1 Å². The number of amides is 1. The first-order valence-electron chi connectivity index (χ1n) is 6.02. The van der Waals surface area contributed by atoms with Crippen molar-refractivity contribution in [3.05, 3.63) is 58.5 Å². The third-order valence-corrected chi connectivity index (χ3v) is 2.80. The molecule has 1 heterocycles. The molecule has 0 radical (unpaired) electrons. The fraction of sp³-hybridized carbons (Fsp3) is 0.0667. The van der Waals surface area contributed by atoms with Crippen LogP contribution in [0.3, 0.4) is 0 Å². The quantitative estimate of drug-likeness (QED) is 0.837. The van der Waals surface area contributed by atoms with Gasteiger partial charge in [-0.15, -0.1) is 0 Å². The van der Waals surface area contributed by atoms with Gasteiger partial charge in [0.2, 0.25) is 0 Å². The summed E-state index contributed by atoms with van der Waals surface area (Å²) in [4.78, 5) is 16.2. The first-order valence-corrected chi connectivity index (χ1v) is 6.40. The lowest BCUT2D eigenvalue weighted by atomic mass is 10.2. The van der Waals surface area contributed by atoms with Crippen molar-refractivity contribution in [2.45, 2.75) is 0 Å². The number of carbonyl (C=O) groups is 1. The number of hydrogen-bond acceptors (Lipinski definition) is 3. The number of halogens is 2. The van der Waals surface area contributed by atoms with Gasteiger partial charge >= 0.3 is 0 Å². The highest BCUT2D eigenvalue weighted by Crippen LogP contribution is 2.18. The fourth-order valence-electron chi connectivity index (χ4n) is 1.57. The van der Waals surface area contributed by atoms with Gasteiger partial charge in [0, 0.05) is 0 Å². The number of nitrogens with two attached hydrogens (primary N) is 1. The molecule has 0 saturated carbocycles. The largest absolute Gasteiger partial charge is 0.320 e. The standard InChI is InChI=1S/C15H11ClFN3O/c16-13-9-10(17)6-7-12(13)15(21)20-14-5-1-3-11(19-14)4-2-8-18/h1,3,5-7,9H,8,18H2,(H,19,20,21). The Morgan fingerprint density at radius 1 is 1.38 bits per heavy atom. The molecule has 1 aromatic heterocycles. The monoisotopic (exact) mass is 303 g/mol. The minimum Gasteiger partial charge on any atom is -0.320 e. The predicted octanol–water partition coefficient (Wildman–Crippen LogP) is 2.44. The third kappa shape index (κ3) is 4.02. The molecule has 1 amide bonds. The molecular weight excluding hydrogens is 293 g/mol. The van der Waals surface area contributed by atoms with Crippen molar-refractivity contribution in [3.8, 4) is 11.8 Å². The van der Waals surface area contributed by atoms with Crippen LogP contribution in [0, 0.1) is 17.7 Å². The van der Waals surface area contributed by atoms with E-state index < -0.39 is 11.7 Å². The maximum atomic E-state index is 13.0.